The van der Waals surface area contributed by atoms with Crippen LogP contribution in [0.4, 0.5) is 94.6 Å². The fourth-order valence-electron chi connectivity index (χ4n) is 11.6. The molecule has 24 nitrogen and oxygen atoms in total. The highest BCUT2D eigenvalue weighted by atomic mass is 35.5. The van der Waals surface area contributed by atoms with E-state index in [1.807, 2.05) is 12.2 Å². The number of amides is 8. The first-order valence-electron chi connectivity index (χ1n) is 35.5. The molecule has 0 radical (unpaired) electrons. The molecular formula is C78H70Cl4F12N12O12S. The average molecular weight is 1770 g/mol. The second-order valence-electron chi connectivity index (χ2n) is 25.9. The lowest BCUT2D eigenvalue weighted by atomic mass is 10.0. The van der Waals surface area contributed by atoms with Crippen LogP contribution in [0.1, 0.15) is 93.6 Å². The third kappa shape index (κ3) is 25.7. The van der Waals surface area contributed by atoms with Gasteiger partial charge in [0.25, 0.3) is 9.84 Å². The zero-order chi connectivity index (χ0) is 86.7. The van der Waals surface area contributed by atoms with Crippen molar-refractivity contribution < 1.29 is 110 Å². The lowest BCUT2D eigenvalue weighted by Gasteiger charge is -2.27. The van der Waals surface area contributed by atoms with Crippen LogP contribution in [0.2, 0.25) is 20.1 Å². The number of nitrogens with zero attached hydrogens (tertiary/aromatic N) is 8. The highest BCUT2D eigenvalue weighted by Gasteiger charge is 2.47. The molecule has 4 aliphatic heterocycles. The molecule has 632 valence electrons. The Balaban J connectivity index is 0.000000181. The summed E-state index contributed by atoms with van der Waals surface area (Å²) in [6.45, 7) is 4.20. The number of halogens is 16. The molecule has 0 unspecified atom stereocenters. The lowest BCUT2D eigenvalue weighted by molar-refractivity contribution is -0.274. The van der Waals surface area contributed by atoms with Crippen LogP contribution in [0.25, 0.3) is 22.3 Å². The van der Waals surface area contributed by atoms with Crippen LogP contribution < -0.4 is 26.0 Å². The van der Waals surface area contributed by atoms with Gasteiger partial charge in [0.15, 0.2) is 0 Å². The number of carbonyl (C=O) groups is 5. The Hall–Kier alpha value is -11.1. The average Bonchev–Trinajstić information content (AvgIpc) is 0.797. The number of anilines is 4. The van der Waals surface area contributed by atoms with E-state index in [4.69, 9.17) is 66.5 Å². The van der Waals surface area contributed by atoms with E-state index in [9.17, 15) is 85.1 Å². The fourth-order valence-corrected chi connectivity index (χ4v) is 13.5. The van der Waals surface area contributed by atoms with Gasteiger partial charge in [0.2, 0.25) is 0 Å². The molecular weight excluding hydrogens is 1700 g/mol. The number of hydrogen-bond donors (Lipinski definition) is 7. The smallest absolute Gasteiger partial charge is 0.462 e. The molecule has 8 heterocycles. The number of aliphatic hydroxyl groups is 3. The summed E-state index contributed by atoms with van der Waals surface area (Å²) >= 11 is 24.9. The van der Waals surface area contributed by atoms with Crippen molar-refractivity contribution in [3.8, 4) is 5.75 Å². The van der Waals surface area contributed by atoms with E-state index >= 15 is 0 Å². The molecule has 0 saturated carbocycles. The Bertz CT molecular complexity index is 5230. The molecule has 0 saturated heterocycles. The molecule has 8 aromatic rings. The molecule has 12 rings (SSSR count). The fraction of sp³-hybridized carbons (Fsp3) is 0.269. The van der Waals surface area contributed by atoms with Gasteiger partial charge in [-0.15, -0.1) is 13.2 Å². The van der Waals surface area contributed by atoms with E-state index in [2.05, 4.69) is 45.9 Å². The minimum absolute atomic E-state index is 0.149. The van der Waals surface area contributed by atoms with Gasteiger partial charge in [-0.05, 0) is 193 Å². The van der Waals surface area contributed by atoms with Crippen molar-refractivity contribution in [1.82, 2.24) is 39.5 Å². The number of carbonyl (C=O) groups excluding carboxylic acids is 5. The van der Waals surface area contributed by atoms with E-state index in [-0.39, 0.29) is 73.9 Å². The Morgan fingerprint density at radius 1 is 0.429 bits per heavy atom. The number of nitrogens with one attached hydrogen (secondary N) is 4. The molecule has 8 amide bonds. The maximum Gasteiger partial charge on any atom is 0.573 e. The third-order valence-corrected chi connectivity index (χ3v) is 20.4. The molecule has 119 heavy (non-hydrogen) atoms. The number of hydrogen-bond acceptors (Lipinski definition) is 16. The van der Waals surface area contributed by atoms with Crippen molar-refractivity contribution in [1.29, 1.82) is 0 Å². The number of urea groups is 4. The number of esters is 1. The predicted molar refractivity (Wildman–Crippen MR) is 419 cm³/mol. The van der Waals surface area contributed by atoms with Crippen molar-refractivity contribution in [2.45, 2.75) is 81.5 Å². The summed E-state index contributed by atoms with van der Waals surface area (Å²) in [5, 5.41) is 39.3. The minimum atomic E-state index is -5.44. The molecule has 4 aromatic heterocycles. The maximum absolute atomic E-state index is 12.6. The summed E-state index contributed by atoms with van der Waals surface area (Å²) in [6.07, 6.45) is 1.69. The van der Waals surface area contributed by atoms with Crippen LogP contribution in [0.3, 0.4) is 0 Å². The van der Waals surface area contributed by atoms with Gasteiger partial charge < -0.3 is 65.7 Å². The molecule has 4 aliphatic rings. The van der Waals surface area contributed by atoms with E-state index in [0.717, 1.165) is 83.0 Å². The zero-order valence-electron chi connectivity index (χ0n) is 62.0. The highest BCUT2D eigenvalue weighted by Crippen LogP contribution is 2.37. The minimum Gasteiger partial charge on any atom is -0.462 e. The van der Waals surface area contributed by atoms with Crippen molar-refractivity contribution in [2.75, 3.05) is 80.2 Å². The number of sulfone groups is 1. The molecule has 0 bridgehead atoms. The van der Waals surface area contributed by atoms with Crippen molar-refractivity contribution in [3.63, 3.8) is 0 Å². The predicted octanol–water partition coefficient (Wildman–Crippen LogP) is 18.1. The van der Waals surface area contributed by atoms with Gasteiger partial charge >= 0.3 is 54.3 Å². The van der Waals surface area contributed by atoms with E-state index in [1.54, 1.807) is 54.6 Å². The van der Waals surface area contributed by atoms with Crippen molar-refractivity contribution in [3.05, 3.63) is 247 Å². The first-order chi connectivity index (χ1) is 56.2. The first-order valence-corrected chi connectivity index (χ1v) is 38.5. The Kier molecular flexibility index (Phi) is 31.3. The number of aromatic nitrogens is 4. The SMILES string of the molecule is CCOC(=O)c1cnc(C2=CCN(C(=O)Nc3ccc(C(F)(F)F)cc3)CC2)c(Cl)c1.O=C(Nc1ccc(C(F)(F)F)cc1)N1CC=C(c2ncc(CO)cc2Cl)CC1.O=C(Nc1ccc(OC(F)(F)F)cc1)N1CC=C(c2ncc(CO)cc2Cl)CC1.O=C(Nc1ccc(S(=O)(=O)C(F)(F)F)cc1)N1CC=C(c2ncc(CO)cc2Cl)CC1. The third-order valence-electron chi connectivity index (χ3n) is 17.8. The van der Waals surface area contributed by atoms with Crippen LogP contribution in [0.15, 0.2) is 175 Å². The van der Waals surface area contributed by atoms with Gasteiger partial charge in [0, 0.05) is 99.9 Å². The summed E-state index contributed by atoms with van der Waals surface area (Å²) in [5.41, 5.74) is 1.98. The Labute approximate surface area is 691 Å². The van der Waals surface area contributed by atoms with E-state index in [0.29, 0.717) is 130 Å². The van der Waals surface area contributed by atoms with Gasteiger partial charge in [-0.3, -0.25) is 19.9 Å². The monoisotopic (exact) mass is 1770 g/mol. The molecule has 0 atom stereocenters. The number of rotatable bonds is 15. The lowest BCUT2D eigenvalue weighted by Crippen LogP contribution is -2.38. The van der Waals surface area contributed by atoms with Gasteiger partial charge in [0.1, 0.15) is 5.75 Å². The number of benzene rings is 4. The quantitative estimate of drug-likeness (QED) is 0.0370. The summed E-state index contributed by atoms with van der Waals surface area (Å²) in [6, 6.07) is 21.9. The number of pyridine rings is 4. The number of aliphatic hydroxyl groups excluding tert-OH is 3. The normalized spacial score (nSPS) is 14.5. The topological polar surface area (TPSA) is 311 Å². The first kappa shape index (κ1) is 91.8. The van der Waals surface area contributed by atoms with Crippen molar-refractivity contribution >= 4 is 131 Å². The molecule has 41 heteroatoms. The molecule has 7 N–H and O–H groups in total. The van der Waals surface area contributed by atoms with Crippen LogP contribution in [-0.2, 0) is 46.7 Å². The standard InChI is InChI=1S/C21H19ClF3N3O3.C19H17ClF3N3O4S.C19H17ClF3N3O3.C19H17ClF3N3O2/c1-2-31-19(29)14-11-17(22)18(26-12-14)13-7-9-28(10-8-13)20(30)27-16-5-3-15(4-6-16)21(23,24)25;20-16-9-12(11-27)10-24-17(16)13-5-7-26(8-6-13)18(28)25-14-1-3-15(4-2-14)31(29,30)19(21,22)23;20-16-9-12(11-27)10-24-17(16)13-5-7-26(8-6-13)18(28)25-14-1-3-15(4-2-14)29-19(21,22)23;20-16-9-12(11-27)10-24-17(16)13-5-7-26(8-6-13)18(28)25-15-3-1-14(2-4-15)19(21,22)23/h3-7,11-12H,2,8-10H2,1H3,(H,27,30);1-5,9-10,27H,6-8,11H2,(H,25,28);1-5,9-10,27H,6-8,11H2,(H,25,28);1-5,9-10,27H,6-8,11H2,(H,25,28). The zero-order valence-corrected chi connectivity index (χ0v) is 65.9. The highest BCUT2D eigenvalue weighted by molar-refractivity contribution is 7.92. The Morgan fingerprint density at radius 2 is 0.714 bits per heavy atom. The molecule has 0 fully saturated rings. The van der Waals surface area contributed by atoms with Crippen LogP contribution in [-0.4, -0.2) is 164 Å². The number of alkyl halides is 12. The van der Waals surface area contributed by atoms with Gasteiger partial charge in [-0.25, -0.2) is 32.4 Å². The van der Waals surface area contributed by atoms with Gasteiger partial charge in [-0.2, -0.15) is 39.5 Å². The van der Waals surface area contributed by atoms with Crippen LogP contribution in [0.5, 0.6) is 5.75 Å². The molecule has 4 aromatic carbocycles. The maximum atomic E-state index is 12.6. The van der Waals surface area contributed by atoms with Gasteiger partial charge in [-0.1, -0.05) is 70.7 Å². The second kappa shape index (κ2) is 40.6. The molecule has 0 spiro atoms. The second-order valence-corrected chi connectivity index (χ2v) is 29.5. The van der Waals surface area contributed by atoms with Gasteiger partial charge in [0.05, 0.1) is 90.9 Å². The molecule has 0 aliphatic carbocycles. The Morgan fingerprint density at radius 3 is 0.958 bits per heavy atom. The summed E-state index contributed by atoms with van der Waals surface area (Å²) < 4.78 is 182. The summed E-state index contributed by atoms with van der Waals surface area (Å²) in [5.74, 6) is -0.871. The summed E-state index contributed by atoms with van der Waals surface area (Å²) in [4.78, 5) is 83.6. The summed E-state index contributed by atoms with van der Waals surface area (Å²) in [7, 11) is -5.44. The number of ether oxygens (including phenoxy) is 2. The van der Waals surface area contributed by atoms with Crippen molar-refractivity contribution in [2.24, 2.45) is 0 Å². The van der Waals surface area contributed by atoms with Crippen LogP contribution in [0, 0.1) is 0 Å². The van der Waals surface area contributed by atoms with E-state index < -0.39 is 74.1 Å². The van der Waals surface area contributed by atoms with Crippen LogP contribution >= 0.6 is 46.4 Å². The largest absolute Gasteiger partial charge is 0.573 e. The van der Waals surface area contributed by atoms with E-state index in [1.165, 1.54) is 69.6 Å².